The topological polar surface area (TPSA) is 108 Å². The number of fused-ring (bicyclic) bond motifs is 1. The summed E-state index contributed by atoms with van der Waals surface area (Å²) in [7, 11) is 0. The Balaban J connectivity index is 1.52. The molecule has 176 valence electrons. The summed E-state index contributed by atoms with van der Waals surface area (Å²) >= 11 is 1.55. The Labute approximate surface area is 195 Å². The lowest BCUT2D eigenvalue weighted by molar-refractivity contribution is -0.00177. The predicted molar refractivity (Wildman–Crippen MR) is 128 cm³/mol. The second kappa shape index (κ2) is 9.98. The molecular weight excluding hydrogens is 445 g/mol. The highest BCUT2D eigenvalue weighted by atomic mass is 32.1. The normalized spacial score (nSPS) is 17.2. The molecule has 3 heterocycles. The first-order valence-corrected chi connectivity index (χ1v) is 11.8. The molecule has 4 rings (SSSR count). The number of amides is 1. The van der Waals surface area contributed by atoms with E-state index in [0.29, 0.717) is 23.6 Å². The summed E-state index contributed by atoms with van der Waals surface area (Å²) in [5, 5.41) is 18.9. The molecule has 10 heteroatoms. The molecule has 3 aromatic rings. The lowest BCUT2D eigenvalue weighted by Gasteiger charge is -2.23. The first kappa shape index (κ1) is 23.3. The first-order valence-electron chi connectivity index (χ1n) is 10.9. The SMILES string of the molecule is CC(C)(O)C(F)CNC(=O)c1cnc(Nc2ccc3ncsc3c2)cc1NCC1CCCO1. The van der Waals surface area contributed by atoms with Crippen molar-refractivity contribution in [2.24, 2.45) is 0 Å². The van der Waals surface area contributed by atoms with E-state index in [2.05, 4.69) is 25.9 Å². The van der Waals surface area contributed by atoms with Gasteiger partial charge in [0, 0.05) is 31.1 Å². The van der Waals surface area contributed by atoms with E-state index in [4.69, 9.17) is 4.74 Å². The second-order valence-electron chi connectivity index (χ2n) is 8.62. The van der Waals surface area contributed by atoms with E-state index in [-0.39, 0.29) is 12.6 Å². The molecule has 0 aliphatic carbocycles. The maximum absolute atomic E-state index is 14.1. The first-order chi connectivity index (χ1) is 15.8. The molecule has 1 aliphatic heterocycles. The molecule has 2 unspecified atom stereocenters. The van der Waals surface area contributed by atoms with E-state index in [9.17, 15) is 14.3 Å². The van der Waals surface area contributed by atoms with Crippen molar-refractivity contribution < 1.29 is 19.0 Å². The van der Waals surface area contributed by atoms with E-state index in [1.54, 1.807) is 22.9 Å². The van der Waals surface area contributed by atoms with Gasteiger partial charge in [-0.15, -0.1) is 11.3 Å². The Kier molecular flexibility index (Phi) is 7.06. The number of nitrogens with one attached hydrogen (secondary N) is 3. The van der Waals surface area contributed by atoms with Crippen LogP contribution in [-0.2, 0) is 4.74 Å². The second-order valence-corrected chi connectivity index (χ2v) is 9.51. The monoisotopic (exact) mass is 473 g/mol. The Morgan fingerprint density at radius 2 is 2.21 bits per heavy atom. The van der Waals surface area contributed by atoms with E-state index in [1.165, 1.54) is 20.0 Å². The van der Waals surface area contributed by atoms with Crippen molar-refractivity contribution in [1.29, 1.82) is 0 Å². The zero-order valence-electron chi connectivity index (χ0n) is 18.6. The highest BCUT2D eigenvalue weighted by Gasteiger charge is 2.27. The van der Waals surface area contributed by atoms with Crippen LogP contribution in [0.15, 0.2) is 36.0 Å². The standard InChI is InChI=1S/C23H28FN5O3S/c1-23(2,31)20(24)12-27-22(30)16-11-26-21(9-18(16)25-10-15-4-3-7-32-15)29-14-5-6-17-19(8-14)33-13-28-17/h5-6,8-9,11,13,15,20,31H,3-4,7,10,12H2,1-2H3,(H,27,30)(H2,25,26,29). The van der Waals surface area contributed by atoms with Crippen molar-refractivity contribution in [3.8, 4) is 0 Å². The molecule has 0 radical (unpaired) electrons. The van der Waals surface area contributed by atoms with E-state index < -0.39 is 17.7 Å². The zero-order valence-corrected chi connectivity index (χ0v) is 19.4. The van der Waals surface area contributed by atoms with Gasteiger partial charge < -0.3 is 25.8 Å². The Morgan fingerprint density at radius 3 is 2.97 bits per heavy atom. The number of halogens is 1. The van der Waals surface area contributed by atoms with Crippen LogP contribution in [0.2, 0.25) is 0 Å². The summed E-state index contributed by atoms with van der Waals surface area (Å²) in [6.07, 6.45) is 1.90. The van der Waals surface area contributed by atoms with E-state index >= 15 is 0 Å². The van der Waals surface area contributed by atoms with Crippen LogP contribution in [-0.4, -0.2) is 58.6 Å². The molecule has 0 spiro atoms. The van der Waals surface area contributed by atoms with Crippen molar-refractivity contribution in [1.82, 2.24) is 15.3 Å². The summed E-state index contributed by atoms with van der Waals surface area (Å²) in [5.41, 5.74) is 2.90. The number of rotatable bonds is 9. The minimum Gasteiger partial charge on any atom is -0.387 e. The third-order valence-electron chi connectivity index (χ3n) is 5.50. The molecule has 8 nitrogen and oxygen atoms in total. The van der Waals surface area contributed by atoms with Crippen LogP contribution in [0, 0.1) is 0 Å². The largest absolute Gasteiger partial charge is 0.387 e. The molecule has 0 bridgehead atoms. The average molecular weight is 474 g/mol. The smallest absolute Gasteiger partial charge is 0.255 e. The number of aliphatic hydroxyl groups is 1. The third-order valence-corrected chi connectivity index (χ3v) is 6.30. The van der Waals surface area contributed by atoms with Gasteiger partial charge in [0.1, 0.15) is 12.0 Å². The Morgan fingerprint density at radius 1 is 1.36 bits per heavy atom. The summed E-state index contributed by atoms with van der Waals surface area (Å²) in [5.74, 6) is 0.0898. The van der Waals surface area contributed by atoms with Crippen molar-refractivity contribution >= 4 is 44.7 Å². The predicted octanol–water partition coefficient (Wildman–Crippen LogP) is 3.86. The summed E-state index contributed by atoms with van der Waals surface area (Å²) < 4.78 is 20.8. The summed E-state index contributed by atoms with van der Waals surface area (Å²) in [6, 6.07) is 7.60. The van der Waals surface area contributed by atoms with Crippen LogP contribution in [0.25, 0.3) is 10.2 Å². The number of benzene rings is 1. The van der Waals surface area contributed by atoms with E-state index in [1.807, 2.05) is 18.2 Å². The summed E-state index contributed by atoms with van der Waals surface area (Å²) in [4.78, 5) is 21.4. The van der Waals surface area contributed by atoms with Gasteiger partial charge in [-0.25, -0.2) is 14.4 Å². The number of anilines is 3. The highest BCUT2D eigenvalue weighted by Crippen LogP contribution is 2.26. The molecule has 1 amide bonds. The molecule has 1 fully saturated rings. The lowest BCUT2D eigenvalue weighted by atomic mass is 10.0. The molecule has 1 aliphatic rings. The van der Waals surface area contributed by atoms with Crippen LogP contribution in [0.5, 0.6) is 0 Å². The Hall–Kier alpha value is -2.82. The van der Waals surface area contributed by atoms with Crippen molar-refractivity contribution in [3.05, 3.63) is 41.5 Å². The van der Waals surface area contributed by atoms with Gasteiger partial charge in [0.2, 0.25) is 0 Å². The molecule has 2 aromatic heterocycles. The third kappa shape index (κ3) is 5.95. The van der Waals surface area contributed by atoms with Crippen LogP contribution in [0.4, 0.5) is 21.6 Å². The zero-order chi connectivity index (χ0) is 23.4. The minimum absolute atomic E-state index is 0.0737. The van der Waals surface area contributed by atoms with Gasteiger partial charge in [0.15, 0.2) is 0 Å². The average Bonchev–Trinajstić information content (AvgIpc) is 3.46. The molecule has 2 atom stereocenters. The fourth-order valence-corrected chi connectivity index (χ4v) is 4.20. The number of ether oxygens (including phenoxy) is 1. The molecule has 1 aromatic carbocycles. The maximum Gasteiger partial charge on any atom is 0.255 e. The fourth-order valence-electron chi connectivity index (χ4n) is 3.49. The number of nitrogens with zero attached hydrogens (tertiary/aromatic N) is 2. The molecular formula is C23H28FN5O3S. The fraction of sp³-hybridized carbons (Fsp3) is 0.435. The number of hydrogen-bond acceptors (Lipinski definition) is 8. The van der Waals surface area contributed by atoms with Crippen molar-refractivity contribution in [3.63, 3.8) is 0 Å². The molecule has 4 N–H and O–H groups in total. The van der Waals surface area contributed by atoms with Gasteiger partial charge in [-0.05, 0) is 44.9 Å². The lowest BCUT2D eigenvalue weighted by Crippen LogP contribution is -2.42. The molecule has 0 saturated carbocycles. The van der Waals surface area contributed by atoms with Crippen LogP contribution >= 0.6 is 11.3 Å². The van der Waals surface area contributed by atoms with Gasteiger partial charge in [-0.1, -0.05) is 0 Å². The number of aromatic nitrogens is 2. The minimum atomic E-state index is -1.60. The number of carbonyl (C=O) groups is 1. The van der Waals surface area contributed by atoms with Crippen molar-refractivity contribution in [2.75, 3.05) is 30.3 Å². The van der Waals surface area contributed by atoms with E-state index in [0.717, 1.165) is 35.4 Å². The summed E-state index contributed by atoms with van der Waals surface area (Å²) in [6.45, 7) is 3.71. The number of alkyl halides is 1. The van der Waals surface area contributed by atoms with Gasteiger partial charge in [-0.2, -0.15) is 0 Å². The molecule has 1 saturated heterocycles. The molecule has 33 heavy (non-hydrogen) atoms. The number of thiazole rings is 1. The van der Waals surface area contributed by atoms with Crippen LogP contribution in [0.3, 0.4) is 0 Å². The highest BCUT2D eigenvalue weighted by molar-refractivity contribution is 7.16. The van der Waals surface area contributed by atoms with Gasteiger partial charge >= 0.3 is 0 Å². The number of pyridine rings is 1. The van der Waals surface area contributed by atoms with Crippen LogP contribution in [0.1, 0.15) is 37.0 Å². The van der Waals surface area contributed by atoms with Crippen molar-refractivity contribution in [2.45, 2.75) is 44.6 Å². The Bertz CT molecular complexity index is 1110. The van der Waals surface area contributed by atoms with Gasteiger partial charge in [-0.3, -0.25) is 4.79 Å². The van der Waals surface area contributed by atoms with Gasteiger partial charge in [0.05, 0.1) is 45.2 Å². The van der Waals surface area contributed by atoms with Gasteiger partial charge in [0.25, 0.3) is 5.91 Å². The number of carbonyl (C=O) groups excluding carboxylic acids is 1. The van der Waals surface area contributed by atoms with Crippen LogP contribution < -0.4 is 16.0 Å². The quantitative estimate of drug-likeness (QED) is 0.374. The maximum atomic E-state index is 14.1. The number of hydrogen-bond donors (Lipinski definition) is 4.